The number of nitriles is 1. The number of aliphatic hydroxyl groups excluding tert-OH is 1. The first-order valence-corrected chi connectivity index (χ1v) is 8.72. The summed E-state index contributed by atoms with van der Waals surface area (Å²) in [6.07, 6.45) is 2.59. The van der Waals surface area contributed by atoms with E-state index in [1.54, 1.807) is 12.1 Å². The standard InChI is InChI=1S/C16H17ClN4OS/c1-3-12(9-22)19-15-13(8-18)14(20-16(21-15)23-2)10-4-6-11(17)7-5-10/h4-7,12,22H,3,9H2,1-2H3,(H,19,20,21)/t12-/m0/s1. The highest BCUT2D eigenvalue weighted by Crippen LogP contribution is 2.29. The lowest BCUT2D eigenvalue weighted by Crippen LogP contribution is -2.24. The van der Waals surface area contributed by atoms with Crippen molar-refractivity contribution in [3.8, 4) is 17.3 Å². The monoisotopic (exact) mass is 348 g/mol. The lowest BCUT2D eigenvalue weighted by molar-refractivity contribution is 0.271. The molecule has 120 valence electrons. The largest absolute Gasteiger partial charge is 0.394 e. The van der Waals surface area contributed by atoms with Gasteiger partial charge in [-0.1, -0.05) is 42.4 Å². The zero-order chi connectivity index (χ0) is 16.8. The van der Waals surface area contributed by atoms with Crippen LogP contribution >= 0.6 is 23.4 Å². The summed E-state index contributed by atoms with van der Waals surface area (Å²) < 4.78 is 0. The van der Waals surface area contributed by atoms with Crippen molar-refractivity contribution in [3.05, 3.63) is 34.9 Å². The fourth-order valence-corrected chi connectivity index (χ4v) is 2.52. The molecule has 1 aromatic heterocycles. The highest BCUT2D eigenvalue weighted by atomic mass is 35.5. The van der Waals surface area contributed by atoms with E-state index in [-0.39, 0.29) is 12.6 Å². The first kappa shape index (κ1) is 17.5. The van der Waals surface area contributed by atoms with Gasteiger partial charge in [0.05, 0.1) is 18.3 Å². The number of benzene rings is 1. The Morgan fingerprint density at radius 3 is 2.57 bits per heavy atom. The molecule has 7 heteroatoms. The third kappa shape index (κ3) is 4.14. The molecule has 1 atom stereocenters. The van der Waals surface area contributed by atoms with Gasteiger partial charge in [-0.2, -0.15) is 5.26 Å². The Morgan fingerprint density at radius 1 is 1.35 bits per heavy atom. The molecule has 2 rings (SSSR count). The SMILES string of the molecule is CC[C@@H](CO)Nc1nc(SC)nc(-c2ccc(Cl)cc2)c1C#N. The molecule has 0 saturated carbocycles. The molecule has 0 saturated heterocycles. The van der Waals surface area contributed by atoms with Crippen molar-refractivity contribution in [1.29, 1.82) is 5.26 Å². The normalized spacial score (nSPS) is 11.8. The lowest BCUT2D eigenvalue weighted by Gasteiger charge is -2.17. The van der Waals surface area contributed by atoms with Crippen molar-refractivity contribution < 1.29 is 5.11 Å². The maximum Gasteiger partial charge on any atom is 0.189 e. The topological polar surface area (TPSA) is 81.8 Å². The van der Waals surface area contributed by atoms with Gasteiger partial charge in [0.2, 0.25) is 0 Å². The molecule has 0 fully saturated rings. The Kier molecular flexibility index (Phi) is 6.22. The molecule has 0 aliphatic rings. The molecule has 0 aliphatic heterocycles. The van der Waals surface area contributed by atoms with E-state index in [0.29, 0.717) is 27.3 Å². The Balaban J connectivity index is 2.57. The van der Waals surface area contributed by atoms with Crippen molar-refractivity contribution in [2.45, 2.75) is 24.5 Å². The highest BCUT2D eigenvalue weighted by Gasteiger charge is 2.18. The van der Waals surface area contributed by atoms with Crippen LogP contribution in [-0.4, -0.2) is 34.0 Å². The van der Waals surface area contributed by atoms with Crippen molar-refractivity contribution in [2.75, 3.05) is 18.2 Å². The number of hydrogen-bond acceptors (Lipinski definition) is 6. The number of aromatic nitrogens is 2. The molecule has 1 heterocycles. The van der Waals surface area contributed by atoms with Crippen molar-refractivity contribution in [2.24, 2.45) is 0 Å². The molecule has 0 bridgehead atoms. The second kappa shape index (κ2) is 8.16. The molecule has 0 radical (unpaired) electrons. The zero-order valence-corrected chi connectivity index (χ0v) is 14.4. The second-order valence-corrected chi connectivity index (χ2v) is 6.04. The summed E-state index contributed by atoms with van der Waals surface area (Å²) >= 11 is 7.32. The molecule has 2 N–H and O–H groups in total. The number of anilines is 1. The Bertz CT molecular complexity index is 711. The molecule has 0 aliphatic carbocycles. The summed E-state index contributed by atoms with van der Waals surface area (Å²) in [6.45, 7) is 1.92. The van der Waals surface area contributed by atoms with E-state index in [4.69, 9.17) is 11.6 Å². The molecule has 23 heavy (non-hydrogen) atoms. The smallest absolute Gasteiger partial charge is 0.189 e. The van der Waals surface area contributed by atoms with Crippen LogP contribution < -0.4 is 5.32 Å². The van der Waals surface area contributed by atoms with Crippen LogP contribution in [0.25, 0.3) is 11.3 Å². The van der Waals surface area contributed by atoms with Gasteiger partial charge in [-0.3, -0.25) is 0 Å². The minimum atomic E-state index is -0.162. The van der Waals surface area contributed by atoms with Gasteiger partial charge in [-0.25, -0.2) is 9.97 Å². The number of nitrogens with zero attached hydrogens (tertiary/aromatic N) is 3. The molecule has 5 nitrogen and oxygen atoms in total. The molecule has 0 spiro atoms. The van der Waals surface area contributed by atoms with E-state index >= 15 is 0 Å². The van der Waals surface area contributed by atoms with Gasteiger partial charge in [-0.05, 0) is 24.8 Å². The average molecular weight is 349 g/mol. The van der Waals surface area contributed by atoms with Gasteiger partial charge >= 0.3 is 0 Å². The van der Waals surface area contributed by atoms with Gasteiger partial charge in [0.1, 0.15) is 17.5 Å². The van der Waals surface area contributed by atoms with E-state index in [1.807, 2.05) is 25.3 Å². The van der Waals surface area contributed by atoms with E-state index in [1.165, 1.54) is 11.8 Å². The van der Waals surface area contributed by atoms with Crippen LogP contribution in [0.3, 0.4) is 0 Å². The van der Waals surface area contributed by atoms with E-state index in [2.05, 4.69) is 21.4 Å². The number of halogens is 1. The van der Waals surface area contributed by atoms with Crippen molar-refractivity contribution in [3.63, 3.8) is 0 Å². The maximum atomic E-state index is 9.57. The van der Waals surface area contributed by atoms with Gasteiger partial charge in [0.25, 0.3) is 0 Å². The molecule has 2 aromatic rings. The van der Waals surface area contributed by atoms with Crippen LogP contribution in [-0.2, 0) is 0 Å². The molecule has 1 aromatic carbocycles. The van der Waals surface area contributed by atoms with Gasteiger partial charge in [-0.15, -0.1) is 0 Å². The summed E-state index contributed by atoms with van der Waals surface area (Å²) in [6, 6.07) is 9.17. The predicted octanol–water partition coefficient (Wildman–Crippen LogP) is 3.57. The molecule has 0 unspecified atom stereocenters. The molecular weight excluding hydrogens is 332 g/mol. The fourth-order valence-electron chi connectivity index (χ4n) is 2.03. The number of rotatable bonds is 6. The van der Waals surface area contributed by atoms with E-state index in [9.17, 15) is 10.4 Å². The highest BCUT2D eigenvalue weighted by molar-refractivity contribution is 7.98. The third-order valence-corrected chi connectivity index (χ3v) is 4.15. The van der Waals surface area contributed by atoms with Crippen LogP contribution in [0.15, 0.2) is 29.4 Å². The number of thioether (sulfide) groups is 1. The van der Waals surface area contributed by atoms with E-state index in [0.717, 1.165) is 12.0 Å². The van der Waals surface area contributed by atoms with Crippen LogP contribution in [0.2, 0.25) is 5.02 Å². The quantitative estimate of drug-likeness (QED) is 0.613. The van der Waals surface area contributed by atoms with Crippen LogP contribution in [0.1, 0.15) is 18.9 Å². The predicted molar refractivity (Wildman–Crippen MR) is 93.8 cm³/mol. The van der Waals surface area contributed by atoms with Gasteiger partial charge < -0.3 is 10.4 Å². The lowest BCUT2D eigenvalue weighted by atomic mass is 10.1. The van der Waals surface area contributed by atoms with Crippen LogP contribution in [0.5, 0.6) is 0 Å². The number of aliphatic hydroxyl groups is 1. The van der Waals surface area contributed by atoms with Gasteiger partial charge in [0.15, 0.2) is 5.16 Å². The Labute approximate surface area is 144 Å². The second-order valence-electron chi connectivity index (χ2n) is 4.83. The zero-order valence-electron chi connectivity index (χ0n) is 12.9. The number of hydrogen-bond donors (Lipinski definition) is 2. The maximum absolute atomic E-state index is 9.57. The summed E-state index contributed by atoms with van der Waals surface area (Å²) in [5.41, 5.74) is 1.71. The van der Waals surface area contributed by atoms with Crippen LogP contribution in [0.4, 0.5) is 5.82 Å². The average Bonchev–Trinajstić information content (AvgIpc) is 2.59. The Morgan fingerprint density at radius 2 is 2.04 bits per heavy atom. The van der Waals surface area contributed by atoms with Crippen molar-refractivity contribution in [1.82, 2.24) is 9.97 Å². The minimum absolute atomic E-state index is 0.0315. The first-order chi connectivity index (χ1) is 11.1. The summed E-state index contributed by atoms with van der Waals surface area (Å²) in [4.78, 5) is 8.85. The number of nitrogens with one attached hydrogen (secondary N) is 1. The van der Waals surface area contributed by atoms with Crippen molar-refractivity contribution >= 4 is 29.2 Å². The summed E-state index contributed by atoms with van der Waals surface area (Å²) in [5, 5.41) is 23.3. The summed E-state index contributed by atoms with van der Waals surface area (Å²) in [7, 11) is 0. The fraction of sp³-hybridized carbons (Fsp3) is 0.312. The molecular formula is C16H17ClN4OS. The molecule has 0 amide bonds. The minimum Gasteiger partial charge on any atom is -0.394 e. The summed E-state index contributed by atoms with van der Waals surface area (Å²) in [5.74, 6) is 0.442. The first-order valence-electron chi connectivity index (χ1n) is 7.12. The Hall–Kier alpha value is -1.81. The third-order valence-electron chi connectivity index (χ3n) is 3.35. The van der Waals surface area contributed by atoms with E-state index < -0.39 is 0 Å². The van der Waals surface area contributed by atoms with Gasteiger partial charge in [0, 0.05) is 10.6 Å². The van der Waals surface area contributed by atoms with Crippen LogP contribution in [0, 0.1) is 11.3 Å².